The lowest BCUT2D eigenvalue weighted by Crippen LogP contribution is -2.49. The summed E-state index contributed by atoms with van der Waals surface area (Å²) < 4.78 is 0. The highest BCUT2D eigenvalue weighted by atomic mass is 15.3. The van der Waals surface area contributed by atoms with Gasteiger partial charge in [0.15, 0.2) is 0 Å². The largest absolute Gasteiger partial charge is 0.340 e. The molecule has 8 bridgehead atoms. The van der Waals surface area contributed by atoms with Gasteiger partial charge in [0.2, 0.25) is 0 Å². The van der Waals surface area contributed by atoms with E-state index >= 15 is 0 Å². The topological polar surface area (TPSA) is 81.2 Å². The number of hydrogen-bond acceptors (Lipinski definition) is 8. The van der Waals surface area contributed by atoms with Crippen LogP contribution in [0.3, 0.4) is 0 Å². The number of anilines is 2. The Morgan fingerprint density at radius 1 is 0.879 bits per heavy atom. The van der Waals surface area contributed by atoms with Gasteiger partial charge < -0.3 is 16.0 Å². The van der Waals surface area contributed by atoms with E-state index in [1.165, 1.54) is 5.56 Å². The lowest BCUT2D eigenvalue weighted by atomic mass is 10.1. The van der Waals surface area contributed by atoms with Gasteiger partial charge in [-0.05, 0) is 42.3 Å². The molecular formula is C25H32N8. The van der Waals surface area contributed by atoms with Crippen molar-refractivity contribution in [2.75, 3.05) is 51.3 Å². The van der Waals surface area contributed by atoms with Gasteiger partial charge in [-0.3, -0.25) is 9.80 Å². The Bertz CT molecular complexity index is 1050. The number of pyridine rings is 1. The van der Waals surface area contributed by atoms with Crippen molar-refractivity contribution in [3.05, 3.63) is 66.4 Å². The first-order valence-corrected chi connectivity index (χ1v) is 11.8. The summed E-state index contributed by atoms with van der Waals surface area (Å²) in [5, 5.41) is 10.5. The van der Waals surface area contributed by atoms with Crippen LogP contribution in [0, 0.1) is 0 Å². The van der Waals surface area contributed by atoms with Gasteiger partial charge in [0.1, 0.15) is 11.6 Å². The average Bonchev–Trinajstić information content (AvgIpc) is 2.85. The minimum atomic E-state index is 0.101. The Hall–Kier alpha value is -2.91. The molecule has 7 heterocycles. The van der Waals surface area contributed by atoms with Crippen LogP contribution in [0.15, 0.2) is 55.0 Å². The first-order chi connectivity index (χ1) is 16.2. The number of rotatable bonds is 0. The van der Waals surface area contributed by atoms with Gasteiger partial charge in [0, 0.05) is 82.3 Å². The van der Waals surface area contributed by atoms with Crippen LogP contribution in [0.4, 0.5) is 11.5 Å². The van der Waals surface area contributed by atoms with Crippen molar-refractivity contribution >= 4 is 11.5 Å². The third-order valence-electron chi connectivity index (χ3n) is 6.31. The first-order valence-electron chi connectivity index (χ1n) is 11.8. The molecule has 3 aromatic rings. The van der Waals surface area contributed by atoms with Crippen LogP contribution in [-0.4, -0.2) is 70.7 Å². The molecule has 1 fully saturated rings. The normalized spacial score (nSPS) is 23.8. The van der Waals surface area contributed by atoms with E-state index in [2.05, 4.69) is 71.9 Å². The Balaban J connectivity index is 1.39. The summed E-state index contributed by atoms with van der Waals surface area (Å²) in [6.07, 6.45) is 5.61. The molecule has 8 rings (SSSR count). The Morgan fingerprint density at radius 3 is 2.55 bits per heavy atom. The highest BCUT2D eigenvalue weighted by Crippen LogP contribution is 2.23. The lowest BCUT2D eigenvalue weighted by molar-refractivity contribution is 0.120. The Morgan fingerprint density at radius 2 is 1.70 bits per heavy atom. The van der Waals surface area contributed by atoms with Crippen LogP contribution in [-0.2, 0) is 6.54 Å². The number of hydrogen-bond donors (Lipinski definition) is 3. The highest BCUT2D eigenvalue weighted by Gasteiger charge is 2.17. The molecular weight excluding hydrogens is 412 g/mol. The van der Waals surface area contributed by atoms with Crippen molar-refractivity contribution in [1.29, 1.82) is 0 Å². The summed E-state index contributed by atoms with van der Waals surface area (Å²) >= 11 is 0. The van der Waals surface area contributed by atoms with E-state index in [9.17, 15) is 0 Å². The van der Waals surface area contributed by atoms with Crippen LogP contribution >= 0.6 is 0 Å². The summed E-state index contributed by atoms with van der Waals surface area (Å²) in [7, 11) is 0. The molecule has 0 radical (unpaired) electrons. The summed E-state index contributed by atoms with van der Waals surface area (Å²) in [6, 6.07) is 12.8. The number of piperazine rings is 1. The highest BCUT2D eigenvalue weighted by molar-refractivity contribution is 5.67. The van der Waals surface area contributed by atoms with Gasteiger partial charge in [-0.1, -0.05) is 12.1 Å². The summed E-state index contributed by atoms with van der Waals surface area (Å²) in [4.78, 5) is 18.8. The molecule has 0 spiro atoms. The molecule has 0 amide bonds. The summed E-state index contributed by atoms with van der Waals surface area (Å²) in [6.45, 7) is 10.2. The molecule has 172 valence electrons. The maximum absolute atomic E-state index is 4.61. The number of nitrogens with zero attached hydrogens (tertiary/aromatic N) is 5. The fourth-order valence-corrected chi connectivity index (χ4v) is 4.35. The Kier molecular flexibility index (Phi) is 6.87. The van der Waals surface area contributed by atoms with E-state index in [0.29, 0.717) is 0 Å². The predicted molar refractivity (Wildman–Crippen MR) is 131 cm³/mol. The van der Waals surface area contributed by atoms with Crippen molar-refractivity contribution in [2.24, 2.45) is 0 Å². The third-order valence-corrected chi connectivity index (χ3v) is 6.31. The maximum Gasteiger partial charge on any atom is 0.144 e. The number of nitrogens with one attached hydrogen (secondary N) is 3. The SMILES string of the molecule is CC1NCCNCN2CCN(CC2)Cc2cccc(c2)Nc2cc(ccn2)-c2cnc1nc2. The average molecular weight is 445 g/mol. The van der Waals surface area contributed by atoms with Gasteiger partial charge in [-0.15, -0.1) is 0 Å². The minimum absolute atomic E-state index is 0.101. The second kappa shape index (κ2) is 10.4. The van der Waals surface area contributed by atoms with E-state index in [4.69, 9.17) is 0 Å². The van der Waals surface area contributed by atoms with Gasteiger partial charge in [0.25, 0.3) is 0 Å². The second-order valence-electron chi connectivity index (χ2n) is 8.81. The van der Waals surface area contributed by atoms with E-state index in [-0.39, 0.29) is 6.04 Å². The van der Waals surface area contributed by atoms with Crippen molar-refractivity contribution in [3.8, 4) is 11.1 Å². The fourth-order valence-electron chi connectivity index (χ4n) is 4.35. The van der Waals surface area contributed by atoms with Crippen molar-refractivity contribution in [3.63, 3.8) is 0 Å². The van der Waals surface area contributed by atoms with Gasteiger partial charge in [-0.2, -0.15) is 0 Å². The standard InChI is InChI=1S/C25H32N8/c1-19-25-29-15-22(16-30-25)21-5-6-28-24(14-21)31-23-4-2-3-20(13-23)17-32-9-11-33(12-10-32)18-26-7-8-27-19/h2-6,13-16,19,26-27H,7-12,17-18H2,1H3,(H,28,31). The number of benzene rings is 1. The van der Waals surface area contributed by atoms with E-state index < -0.39 is 0 Å². The molecule has 1 saturated heterocycles. The molecule has 5 aliphatic heterocycles. The third kappa shape index (κ3) is 5.72. The maximum atomic E-state index is 4.61. The molecule has 0 saturated carbocycles. The van der Waals surface area contributed by atoms with E-state index in [1.807, 2.05) is 30.7 Å². The van der Waals surface area contributed by atoms with Crippen LogP contribution in [0.5, 0.6) is 0 Å². The van der Waals surface area contributed by atoms with Crippen LogP contribution in [0.2, 0.25) is 0 Å². The molecule has 8 nitrogen and oxygen atoms in total. The first kappa shape index (κ1) is 21.9. The number of aromatic nitrogens is 3. The predicted octanol–water partition coefficient (Wildman–Crippen LogP) is 2.61. The quantitative estimate of drug-likeness (QED) is 0.488. The smallest absolute Gasteiger partial charge is 0.144 e. The molecule has 8 heteroatoms. The zero-order chi connectivity index (χ0) is 22.5. The molecule has 5 aliphatic rings. The van der Waals surface area contributed by atoms with E-state index in [0.717, 1.165) is 80.9 Å². The van der Waals surface area contributed by atoms with Crippen LogP contribution < -0.4 is 16.0 Å². The monoisotopic (exact) mass is 444 g/mol. The molecule has 0 aliphatic carbocycles. The fraction of sp³-hybridized carbons (Fsp3) is 0.400. The van der Waals surface area contributed by atoms with E-state index in [1.54, 1.807) is 0 Å². The molecule has 1 aromatic carbocycles. The van der Waals surface area contributed by atoms with Crippen LogP contribution in [0.1, 0.15) is 24.4 Å². The van der Waals surface area contributed by atoms with Crippen molar-refractivity contribution < 1.29 is 0 Å². The summed E-state index contributed by atoms with van der Waals surface area (Å²) in [5.41, 5.74) is 4.38. The lowest BCUT2D eigenvalue weighted by Gasteiger charge is -2.34. The second-order valence-corrected chi connectivity index (χ2v) is 8.81. The van der Waals surface area contributed by atoms with Gasteiger partial charge in [0.05, 0.1) is 6.04 Å². The molecule has 1 unspecified atom stereocenters. The van der Waals surface area contributed by atoms with Crippen molar-refractivity contribution in [2.45, 2.75) is 19.5 Å². The van der Waals surface area contributed by atoms with Gasteiger partial charge >= 0.3 is 0 Å². The van der Waals surface area contributed by atoms with Gasteiger partial charge in [-0.25, -0.2) is 15.0 Å². The molecule has 33 heavy (non-hydrogen) atoms. The Labute approximate surface area is 195 Å². The zero-order valence-corrected chi connectivity index (χ0v) is 19.2. The summed E-state index contributed by atoms with van der Waals surface area (Å²) in [5.74, 6) is 1.62. The zero-order valence-electron chi connectivity index (χ0n) is 19.2. The minimum Gasteiger partial charge on any atom is -0.340 e. The molecule has 2 aromatic heterocycles. The van der Waals surface area contributed by atoms with Crippen molar-refractivity contribution in [1.82, 2.24) is 35.4 Å². The molecule has 3 N–H and O–H groups in total. The molecule has 1 atom stereocenters. The van der Waals surface area contributed by atoms with Crippen LogP contribution in [0.25, 0.3) is 11.1 Å².